The minimum Gasteiger partial charge on any atom is -0.345 e. The normalized spacial score (nSPS) is 9.76. The largest absolute Gasteiger partial charge is 0.345 e. The van der Waals surface area contributed by atoms with Crippen LogP contribution in [0.2, 0.25) is 0 Å². The average Bonchev–Trinajstić information content (AvgIpc) is 2.30. The third kappa shape index (κ3) is 3.92. The number of likely N-dealkylation sites (N-methyl/N-ethyl adjacent to an activating group) is 1. The summed E-state index contributed by atoms with van der Waals surface area (Å²) in [6.07, 6.45) is 0.796. The standard InChI is InChI=1S/C14H18N2O/c1-11-4-5-12(2)13(10-11)7-9-16(3)14(17)6-8-15/h4-5,10H,6-7,9H2,1-3H3. The van der Waals surface area contributed by atoms with Crippen LogP contribution in [0.5, 0.6) is 0 Å². The van der Waals surface area contributed by atoms with Crippen LogP contribution in [-0.4, -0.2) is 24.4 Å². The molecule has 0 radical (unpaired) electrons. The highest BCUT2D eigenvalue weighted by Crippen LogP contribution is 2.11. The van der Waals surface area contributed by atoms with Crippen molar-refractivity contribution in [3.05, 3.63) is 34.9 Å². The maximum Gasteiger partial charge on any atom is 0.236 e. The molecule has 17 heavy (non-hydrogen) atoms. The Morgan fingerprint density at radius 1 is 1.41 bits per heavy atom. The Morgan fingerprint density at radius 3 is 2.76 bits per heavy atom. The molecule has 1 aromatic carbocycles. The summed E-state index contributed by atoms with van der Waals surface area (Å²) in [7, 11) is 1.74. The van der Waals surface area contributed by atoms with E-state index in [1.54, 1.807) is 11.9 Å². The number of nitriles is 1. The molecule has 0 atom stereocenters. The first kappa shape index (κ1) is 13.2. The Balaban J connectivity index is 2.59. The van der Waals surface area contributed by atoms with Crippen molar-refractivity contribution in [2.75, 3.05) is 13.6 Å². The van der Waals surface area contributed by atoms with E-state index in [1.165, 1.54) is 16.7 Å². The molecule has 1 aromatic rings. The van der Waals surface area contributed by atoms with Gasteiger partial charge in [0.25, 0.3) is 0 Å². The van der Waals surface area contributed by atoms with Gasteiger partial charge in [-0.1, -0.05) is 23.8 Å². The highest BCUT2D eigenvalue weighted by Gasteiger charge is 2.08. The molecule has 0 N–H and O–H groups in total. The van der Waals surface area contributed by atoms with Crippen LogP contribution < -0.4 is 0 Å². The SMILES string of the molecule is Cc1ccc(C)c(CCN(C)C(=O)CC#N)c1. The Hall–Kier alpha value is -1.82. The molecule has 0 saturated heterocycles. The van der Waals surface area contributed by atoms with E-state index in [1.807, 2.05) is 6.07 Å². The monoisotopic (exact) mass is 230 g/mol. The fraction of sp³-hybridized carbons (Fsp3) is 0.429. The van der Waals surface area contributed by atoms with Gasteiger partial charge in [0.2, 0.25) is 5.91 Å². The molecule has 0 aliphatic heterocycles. The predicted molar refractivity (Wildman–Crippen MR) is 67.5 cm³/mol. The van der Waals surface area contributed by atoms with Crippen molar-refractivity contribution in [3.63, 3.8) is 0 Å². The van der Waals surface area contributed by atoms with Crippen molar-refractivity contribution in [1.29, 1.82) is 5.26 Å². The lowest BCUT2D eigenvalue weighted by atomic mass is 10.0. The molecule has 0 aliphatic carbocycles. The number of nitrogens with zero attached hydrogens (tertiary/aromatic N) is 2. The third-order valence-electron chi connectivity index (χ3n) is 2.88. The van der Waals surface area contributed by atoms with Gasteiger partial charge in [0, 0.05) is 13.6 Å². The molecule has 0 spiro atoms. The number of carbonyl (C=O) groups is 1. The van der Waals surface area contributed by atoms with E-state index >= 15 is 0 Å². The first-order valence-corrected chi connectivity index (χ1v) is 5.71. The van der Waals surface area contributed by atoms with Gasteiger partial charge in [-0.2, -0.15) is 5.26 Å². The maximum atomic E-state index is 11.4. The molecule has 1 rings (SSSR count). The first-order chi connectivity index (χ1) is 8.04. The van der Waals surface area contributed by atoms with E-state index in [-0.39, 0.29) is 12.3 Å². The van der Waals surface area contributed by atoms with Crippen molar-refractivity contribution in [3.8, 4) is 6.07 Å². The summed E-state index contributed by atoms with van der Waals surface area (Å²) in [6.45, 7) is 4.80. The van der Waals surface area contributed by atoms with Crippen molar-refractivity contribution in [1.82, 2.24) is 4.90 Å². The van der Waals surface area contributed by atoms with Crippen molar-refractivity contribution in [2.45, 2.75) is 26.7 Å². The average molecular weight is 230 g/mol. The highest BCUT2D eigenvalue weighted by molar-refractivity contribution is 5.77. The topological polar surface area (TPSA) is 44.1 Å². The van der Waals surface area contributed by atoms with Crippen molar-refractivity contribution >= 4 is 5.91 Å². The molecule has 1 amide bonds. The Morgan fingerprint density at radius 2 is 2.12 bits per heavy atom. The lowest BCUT2D eigenvalue weighted by Crippen LogP contribution is -2.28. The van der Waals surface area contributed by atoms with Gasteiger partial charge in [-0.25, -0.2) is 0 Å². The minimum atomic E-state index is -0.113. The lowest BCUT2D eigenvalue weighted by Gasteiger charge is -2.16. The van der Waals surface area contributed by atoms with Crippen LogP contribution in [0.4, 0.5) is 0 Å². The molecule has 0 unspecified atom stereocenters. The molecule has 0 fully saturated rings. The van der Waals surface area contributed by atoms with Gasteiger partial charge in [0.05, 0.1) is 6.07 Å². The fourth-order valence-corrected chi connectivity index (χ4v) is 1.69. The second-order valence-electron chi connectivity index (χ2n) is 4.33. The van der Waals surface area contributed by atoms with Gasteiger partial charge in [0.15, 0.2) is 0 Å². The Labute approximate surface area is 103 Å². The zero-order chi connectivity index (χ0) is 12.8. The van der Waals surface area contributed by atoms with E-state index in [0.29, 0.717) is 6.54 Å². The maximum absolute atomic E-state index is 11.4. The van der Waals surface area contributed by atoms with Gasteiger partial charge in [0.1, 0.15) is 6.42 Å². The van der Waals surface area contributed by atoms with Crippen LogP contribution in [0, 0.1) is 25.2 Å². The minimum absolute atomic E-state index is 0.0384. The number of hydrogen-bond acceptors (Lipinski definition) is 2. The van der Waals surface area contributed by atoms with Crippen LogP contribution in [0.25, 0.3) is 0 Å². The molecule has 0 bridgehead atoms. The molecule has 0 saturated carbocycles. The summed E-state index contributed by atoms with van der Waals surface area (Å²) in [5.74, 6) is -0.113. The van der Waals surface area contributed by atoms with Crippen LogP contribution in [0.1, 0.15) is 23.1 Å². The number of aryl methyl sites for hydroxylation is 2. The number of carbonyl (C=O) groups excluding carboxylic acids is 1. The van der Waals surface area contributed by atoms with Gasteiger partial charge in [-0.3, -0.25) is 4.79 Å². The number of rotatable bonds is 4. The van der Waals surface area contributed by atoms with Crippen molar-refractivity contribution in [2.24, 2.45) is 0 Å². The molecule has 0 aromatic heterocycles. The molecular weight excluding hydrogens is 212 g/mol. The predicted octanol–water partition coefficient (Wildman–Crippen LogP) is 2.22. The van der Waals surface area contributed by atoms with Crippen LogP contribution >= 0.6 is 0 Å². The van der Waals surface area contributed by atoms with Crippen LogP contribution in [-0.2, 0) is 11.2 Å². The highest BCUT2D eigenvalue weighted by atomic mass is 16.2. The van der Waals surface area contributed by atoms with Crippen LogP contribution in [0.15, 0.2) is 18.2 Å². The number of benzene rings is 1. The van der Waals surface area contributed by atoms with Crippen molar-refractivity contribution < 1.29 is 4.79 Å². The second-order valence-corrected chi connectivity index (χ2v) is 4.33. The zero-order valence-electron chi connectivity index (χ0n) is 10.7. The Kier molecular flexibility index (Phi) is 4.71. The van der Waals surface area contributed by atoms with Crippen LogP contribution in [0.3, 0.4) is 0 Å². The smallest absolute Gasteiger partial charge is 0.236 e. The van der Waals surface area contributed by atoms with E-state index < -0.39 is 0 Å². The summed E-state index contributed by atoms with van der Waals surface area (Å²) in [4.78, 5) is 13.0. The lowest BCUT2D eigenvalue weighted by molar-refractivity contribution is -0.128. The fourth-order valence-electron chi connectivity index (χ4n) is 1.69. The van der Waals surface area contributed by atoms with E-state index in [9.17, 15) is 4.79 Å². The zero-order valence-corrected chi connectivity index (χ0v) is 10.7. The third-order valence-corrected chi connectivity index (χ3v) is 2.88. The summed E-state index contributed by atoms with van der Waals surface area (Å²) < 4.78 is 0. The van der Waals surface area contributed by atoms with E-state index in [0.717, 1.165) is 6.42 Å². The summed E-state index contributed by atoms with van der Waals surface area (Å²) in [5.41, 5.74) is 3.75. The van der Waals surface area contributed by atoms with Gasteiger partial charge in [-0.15, -0.1) is 0 Å². The quantitative estimate of drug-likeness (QED) is 0.796. The molecule has 3 heteroatoms. The van der Waals surface area contributed by atoms with E-state index in [4.69, 9.17) is 5.26 Å². The summed E-state index contributed by atoms with van der Waals surface area (Å²) >= 11 is 0. The molecular formula is C14H18N2O. The number of amides is 1. The first-order valence-electron chi connectivity index (χ1n) is 5.71. The summed E-state index contributed by atoms with van der Waals surface area (Å²) in [5, 5.41) is 8.45. The number of hydrogen-bond donors (Lipinski definition) is 0. The van der Waals surface area contributed by atoms with Gasteiger partial charge < -0.3 is 4.90 Å². The molecule has 0 heterocycles. The Bertz CT molecular complexity index is 446. The molecule has 90 valence electrons. The van der Waals surface area contributed by atoms with Gasteiger partial charge >= 0.3 is 0 Å². The van der Waals surface area contributed by atoms with Gasteiger partial charge in [-0.05, 0) is 31.4 Å². The summed E-state index contributed by atoms with van der Waals surface area (Å²) in [6, 6.07) is 8.21. The molecule has 3 nitrogen and oxygen atoms in total. The second kappa shape index (κ2) is 6.05. The molecule has 0 aliphatic rings. The van der Waals surface area contributed by atoms with E-state index in [2.05, 4.69) is 32.0 Å².